The number of fused-ring (bicyclic) bond motifs is 1. The molecule has 0 bridgehead atoms. The van der Waals surface area contributed by atoms with Crippen LogP contribution in [0.1, 0.15) is 61.7 Å². The molecule has 0 spiro atoms. The summed E-state index contributed by atoms with van der Waals surface area (Å²) in [5, 5.41) is 12.8. The Morgan fingerprint density at radius 1 is 1.28 bits per heavy atom. The lowest BCUT2D eigenvalue weighted by Crippen LogP contribution is -2.44. The number of aliphatic hydroxyl groups excluding tert-OH is 1. The molecule has 3 heterocycles. The highest BCUT2D eigenvalue weighted by molar-refractivity contribution is 6.09. The smallest absolute Gasteiger partial charge is 0.263 e. The Hall–Kier alpha value is -3.60. The predicted molar refractivity (Wildman–Crippen MR) is 141 cm³/mol. The van der Waals surface area contributed by atoms with Crippen LogP contribution in [-0.4, -0.2) is 68.6 Å². The van der Waals surface area contributed by atoms with E-state index in [1.165, 1.54) is 25.4 Å². The summed E-state index contributed by atoms with van der Waals surface area (Å²) >= 11 is 0. The minimum atomic E-state index is -2.67. The number of aryl methyl sites for hydroxylation is 1. The molecule has 1 aliphatic carbocycles. The summed E-state index contributed by atoms with van der Waals surface area (Å²) in [6, 6.07) is 3.91. The zero-order valence-corrected chi connectivity index (χ0v) is 22.4. The van der Waals surface area contributed by atoms with E-state index in [9.17, 15) is 23.5 Å². The Labute approximate surface area is 225 Å². The molecule has 0 radical (unpaired) electrons. The molecule has 5 rings (SSSR count). The first-order chi connectivity index (χ1) is 18.5. The fourth-order valence-electron chi connectivity index (χ4n) is 5.13. The number of amides is 2. The van der Waals surface area contributed by atoms with Gasteiger partial charge in [-0.2, -0.15) is 0 Å². The first-order valence-corrected chi connectivity index (χ1v) is 13.1. The molecule has 9 nitrogen and oxygen atoms in total. The third-order valence-corrected chi connectivity index (χ3v) is 7.60. The molecule has 2 amide bonds. The van der Waals surface area contributed by atoms with E-state index in [-0.39, 0.29) is 30.0 Å². The van der Waals surface area contributed by atoms with Crippen LogP contribution >= 0.6 is 0 Å². The van der Waals surface area contributed by atoms with Crippen LogP contribution in [0.2, 0.25) is 0 Å². The lowest BCUT2D eigenvalue weighted by molar-refractivity contribution is -0.138. The number of rotatable bonds is 8. The first kappa shape index (κ1) is 27.0. The van der Waals surface area contributed by atoms with Crippen LogP contribution in [0.25, 0.3) is 22.3 Å². The third-order valence-electron chi connectivity index (χ3n) is 7.60. The van der Waals surface area contributed by atoms with Gasteiger partial charge < -0.3 is 25.0 Å². The van der Waals surface area contributed by atoms with Crippen LogP contribution < -0.4 is 10.1 Å². The van der Waals surface area contributed by atoms with Gasteiger partial charge in [0, 0.05) is 35.3 Å². The van der Waals surface area contributed by atoms with E-state index in [0.29, 0.717) is 58.4 Å². The standard InChI is InChI=1S/C28H33F2N5O4/c1-14-21(26(37)34-20-10-35(12-28(20,3)4)27(38)15(2)36)23-24(33-14)22(31-13-32-23)18-9-17(25(29)30)7-8-19(18)39-11-16-5-6-16/h7-9,13,15-16,20,25,33,36H,5-6,10-12H2,1-4H3,(H,34,37)/t15-,20+/m0/s1. The summed E-state index contributed by atoms with van der Waals surface area (Å²) < 4.78 is 33.2. The van der Waals surface area contributed by atoms with Crippen LogP contribution in [0.4, 0.5) is 8.78 Å². The fourth-order valence-corrected chi connectivity index (χ4v) is 5.13. The number of likely N-dealkylation sites (tertiary alicyclic amines) is 1. The number of carbonyl (C=O) groups excluding carboxylic acids is 2. The number of halogens is 2. The molecule has 1 saturated heterocycles. The first-order valence-electron chi connectivity index (χ1n) is 13.1. The Bertz CT molecular complexity index is 1420. The Balaban J connectivity index is 1.49. The maximum absolute atomic E-state index is 13.6. The van der Waals surface area contributed by atoms with Crippen molar-refractivity contribution in [2.45, 2.75) is 59.1 Å². The Morgan fingerprint density at radius 2 is 2.03 bits per heavy atom. The van der Waals surface area contributed by atoms with Crippen LogP contribution in [0.3, 0.4) is 0 Å². The molecule has 39 heavy (non-hydrogen) atoms. The molecule has 0 unspecified atom stereocenters. The topological polar surface area (TPSA) is 120 Å². The van der Waals surface area contributed by atoms with Crippen molar-refractivity contribution in [3.05, 3.63) is 41.3 Å². The predicted octanol–water partition coefficient (Wildman–Crippen LogP) is 4.01. The summed E-state index contributed by atoms with van der Waals surface area (Å²) in [4.78, 5) is 39.4. The van der Waals surface area contributed by atoms with E-state index in [0.717, 1.165) is 12.8 Å². The number of H-pyrrole nitrogens is 1. The zero-order chi connectivity index (χ0) is 28.1. The van der Waals surface area contributed by atoms with E-state index in [1.54, 1.807) is 17.9 Å². The van der Waals surface area contributed by atoms with Crippen molar-refractivity contribution in [1.29, 1.82) is 0 Å². The quantitative estimate of drug-likeness (QED) is 0.396. The summed E-state index contributed by atoms with van der Waals surface area (Å²) in [5.74, 6) is 0.151. The number of hydrogen-bond donors (Lipinski definition) is 3. The van der Waals surface area contributed by atoms with E-state index < -0.39 is 17.9 Å². The molecule has 2 aliphatic rings. The third kappa shape index (κ3) is 5.32. The van der Waals surface area contributed by atoms with Gasteiger partial charge in [-0.3, -0.25) is 9.59 Å². The second-order valence-electron chi connectivity index (χ2n) is 11.3. The minimum absolute atomic E-state index is 0.156. The summed E-state index contributed by atoms with van der Waals surface area (Å²) in [5.41, 5.74) is 1.85. The number of nitrogens with one attached hydrogen (secondary N) is 2. The summed E-state index contributed by atoms with van der Waals surface area (Å²) in [7, 11) is 0. The number of aliphatic hydroxyl groups is 1. The number of alkyl halides is 2. The van der Waals surface area contributed by atoms with Gasteiger partial charge in [0.05, 0.1) is 23.7 Å². The van der Waals surface area contributed by atoms with Gasteiger partial charge in [-0.05, 0) is 50.8 Å². The highest BCUT2D eigenvalue weighted by atomic mass is 19.3. The van der Waals surface area contributed by atoms with Crippen LogP contribution in [0.15, 0.2) is 24.5 Å². The molecular formula is C28H33F2N5O4. The van der Waals surface area contributed by atoms with E-state index in [4.69, 9.17) is 4.74 Å². The van der Waals surface area contributed by atoms with Gasteiger partial charge >= 0.3 is 0 Å². The molecule has 1 aromatic carbocycles. The molecule has 2 aromatic heterocycles. The van der Waals surface area contributed by atoms with Gasteiger partial charge in [-0.1, -0.05) is 13.8 Å². The van der Waals surface area contributed by atoms with Crippen molar-refractivity contribution in [2.24, 2.45) is 11.3 Å². The van der Waals surface area contributed by atoms with Crippen LogP contribution in [0, 0.1) is 18.3 Å². The normalized spacial score (nSPS) is 19.5. The Morgan fingerprint density at radius 3 is 2.69 bits per heavy atom. The number of ether oxygens (including phenoxy) is 1. The SMILES string of the molecule is Cc1[nH]c2c(-c3cc(C(F)F)ccc3OCC3CC3)ncnc2c1C(=O)N[C@@H]1CN(C(=O)[C@H](C)O)CC1(C)C. The monoisotopic (exact) mass is 541 g/mol. The molecule has 2 fully saturated rings. The lowest BCUT2D eigenvalue weighted by Gasteiger charge is -2.26. The van der Waals surface area contributed by atoms with Gasteiger partial charge in [0.15, 0.2) is 0 Å². The molecule has 3 aromatic rings. The van der Waals surface area contributed by atoms with E-state index >= 15 is 0 Å². The molecule has 2 atom stereocenters. The number of aromatic nitrogens is 3. The maximum atomic E-state index is 13.6. The minimum Gasteiger partial charge on any atom is -0.493 e. The highest BCUT2D eigenvalue weighted by Gasteiger charge is 2.43. The number of benzene rings is 1. The molecular weight excluding hydrogens is 508 g/mol. The number of aromatic amines is 1. The van der Waals surface area contributed by atoms with E-state index in [1.807, 2.05) is 13.8 Å². The average Bonchev–Trinajstić information content (AvgIpc) is 3.58. The van der Waals surface area contributed by atoms with Crippen molar-refractivity contribution in [3.8, 4) is 17.0 Å². The van der Waals surface area contributed by atoms with Crippen molar-refractivity contribution >= 4 is 22.8 Å². The zero-order valence-electron chi connectivity index (χ0n) is 22.4. The van der Waals surface area contributed by atoms with Gasteiger partial charge in [-0.25, -0.2) is 18.7 Å². The van der Waals surface area contributed by atoms with E-state index in [2.05, 4.69) is 20.3 Å². The van der Waals surface area contributed by atoms with Gasteiger partial charge in [0.1, 0.15) is 29.4 Å². The summed E-state index contributed by atoms with van der Waals surface area (Å²) in [6.45, 7) is 8.23. The van der Waals surface area contributed by atoms with Crippen molar-refractivity contribution in [1.82, 2.24) is 25.2 Å². The van der Waals surface area contributed by atoms with Crippen molar-refractivity contribution in [3.63, 3.8) is 0 Å². The van der Waals surface area contributed by atoms with Gasteiger partial charge in [0.25, 0.3) is 18.2 Å². The molecule has 208 valence electrons. The summed E-state index contributed by atoms with van der Waals surface area (Å²) in [6.07, 6.45) is -0.314. The molecule has 1 saturated carbocycles. The Kier molecular flexibility index (Phi) is 7.04. The maximum Gasteiger partial charge on any atom is 0.263 e. The largest absolute Gasteiger partial charge is 0.493 e. The second-order valence-corrected chi connectivity index (χ2v) is 11.3. The second kappa shape index (κ2) is 10.2. The van der Waals surface area contributed by atoms with Crippen LogP contribution in [-0.2, 0) is 4.79 Å². The molecule has 3 N–H and O–H groups in total. The highest BCUT2D eigenvalue weighted by Crippen LogP contribution is 2.39. The average molecular weight is 542 g/mol. The van der Waals surface area contributed by atoms with Crippen LogP contribution in [0.5, 0.6) is 5.75 Å². The number of carbonyl (C=O) groups is 2. The lowest BCUT2D eigenvalue weighted by atomic mass is 9.87. The molecule has 11 heteroatoms. The number of nitrogens with zero attached hydrogens (tertiary/aromatic N) is 3. The van der Waals surface area contributed by atoms with Crippen molar-refractivity contribution in [2.75, 3.05) is 19.7 Å². The van der Waals surface area contributed by atoms with Gasteiger partial charge in [-0.15, -0.1) is 0 Å². The number of hydrogen-bond acceptors (Lipinski definition) is 6. The van der Waals surface area contributed by atoms with Crippen molar-refractivity contribution < 1.29 is 28.2 Å². The molecule has 1 aliphatic heterocycles. The fraction of sp³-hybridized carbons (Fsp3) is 0.500. The van der Waals surface area contributed by atoms with Gasteiger partial charge in [0.2, 0.25) is 0 Å².